The number of unbranched alkanes of at least 4 members (excludes halogenated alkanes) is 5. The van der Waals surface area contributed by atoms with E-state index in [1.165, 1.54) is 44.9 Å². The second-order valence-corrected chi connectivity index (χ2v) is 8.28. The molecule has 0 aliphatic carbocycles. The van der Waals surface area contributed by atoms with Crippen molar-refractivity contribution in [1.29, 1.82) is 0 Å². The van der Waals surface area contributed by atoms with E-state index in [-0.39, 0.29) is 0 Å². The lowest BCUT2D eigenvalue weighted by Gasteiger charge is -2.19. The predicted molar refractivity (Wildman–Crippen MR) is 82.2 cm³/mol. The van der Waals surface area contributed by atoms with Crippen LogP contribution in [0.1, 0.15) is 64.7 Å². The lowest BCUT2D eigenvalue weighted by molar-refractivity contribution is 0.393. The summed E-state index contributed by atoms with van der Waals surface area (Å²) in [6.45, 7) is 2.24. The molecule has 19 heavy (non-hydrogen) atoms. The maximum Gasteiger partial charge on any atom is 0.150 e. The van der Waals surface area contributed by atoms with E-state index >= 15 is 0 Å². The molecule has 0 bridgehead atoms. The van der Waals surface area contributed by atoms with Crippen LogP contribution in [0.5, 0.6) is 0 Å². The molecule has 0 aromatic heterocycles. The molecule has 0 radical (unpaired) electrons. The van der Waals surface area contributed by atoms with Gasteiger partial charge < -0.3 is 5.32 Å². The molecule has 1 saturated heterocycles. The Morgan fingerprint density at radius 2 is 1.84 bits per heavy atom. The Labute approximate surface area is 119 Å². The van der Waals surface area contributed by atoms with E-state index in [1.807, 2.05) is 7.05 Å². The van der Waals surface area contributed by atoms with Gasteiger partial charge in [0.25, 0.3) is 0 Å². The molecule has 0 aromatic carbocycles. The van der Waals surface area contributed by atoms with Crippen molar-refractivity contribution in [2.75, 3.05) is 18.6 Å². The summed E-state index contributed by atoms with van der Waals surface area (Å²) in [6, 6.07) is 0.504. The Morgan fingerprint density at radius 3 is 2.42 bits per heavy atom. The zero-order chi connectivity index (χ0) is 14.1. The van der Waals surface area contributed by atoms with Crippen LogP contribution in [0.25, 0.3) is 0 Å². The second kappa shape index (κ2) is 8.96. The Kier molecular flexibility index (Phi) is 8.00. The Morgan fingerprint density at radius 1 is 1.16 bits per heavy atom. The van der Waals surface area contributed by atoms with Crippen LogP contribution in [0, 0.1) is 5.92 Å². The van der Waals surface area contributed by atoms with Gasteiger partial charge >= 0.3 is 0 Å². The molecule has 1 fully saturated rings. The fraction of sp³-hybridized carbons (Fsp3) is 1.00. The lowest BCUT2D eigenvalue weighted by Crippen LogP contribution is -2.28. The monoisotopic (exact) mass is 289 g/mol. The summed E-state index contributed by atoms with van der Waals surface area (Å²) in [4.78, 5) is 0. The van der Waals surface area contributed by atoms with Crippen LogP contribution in [0.3, 0.4) is 0 Å². The molecular weight excluding hydrogens is 258 g/mol. The maximum atomic E-state index is 11.5. The zero-order valence-electron chi connectivity index (χ0n) is 12.7. The van der Waals surface area contributed by atoms with Crippen LogP contribution in [0.2, 0.25) is 0 Å². The van der Waals surface area contributed by atoms with Gasteiger partial charge in [-0.2, -0.15) is 0 Å². The maximum absolute atomic E-state index is 11.5. The van der Waals surface area contributed by atoms with Gasteiger partial charge in [0.15, 0.2) is 9.84 Å². The summed E-state index contributed by atoms with van der Waals surface area (Å²) in [5.74, 6) is 1.22. The molecule has 114 valence electrons. The van der Waals surface area contributed by atoms with Gasteiger partial charge in [0, 0.05) is 6.04 Å². The Hall–Kier alpha value is -0.0900. The van der Waals surface area contributed by atoms with Crippen LogP contribution in [-0.2, 0) is 9.84 Å². The fourth-order valence-corrected chi connectivity index (χ4v) is 4.89. The summed E-state index contributed by atoms with van der Waals surface area (Å²) >= 11 is 0. The number of nitrogens with one attached hydrogen (secondary N) is 1. The van der Waals surface area contributed by atoms with Gasteiger partial charge in [0.1, 0.15) is 0 Å². The van der Waals surface area contributed by atoms with Gasteiger partial charge in [-0.1, -0.05) is 45.4 Å². The first-order valence-electron chi connectivity index (χ1n) is 7.95. The number of rotatable bonds is 10. The third-order valence-corrected chi connectivity index (χ3v) is 6.10. The van der Waals surface area contributed by atoms with Crippen molar-refractivity contribution in [1.82, 2.24) is 5.32 Å². The van der Waals surface area contributed by atoms with E-state index in [2.05, 4.69) is 12.2 Å². The van der Waals surface area contributed by atoms with Crippen LogP contribution < -0.4 is 5.32 Å². The Balaban J connectivity index is 2.12. The highest BCUT2D eigenvalue weighted by atomic mass is 32.2. The third-order valence-electron chi connectivity index (χ3n) is 4.26. The van der Waals surface area contributed by atoms with E-state index < -0.39 is 9.84 Å². The minimum absolute atomic E-state index is 0.391. The molecule has 4 heteroatoms. The quantitative estimate of drug-likeness (QED) is 0.628. The van der Waals surface area contributed by atoms with E-state index in [9.17, 15) is 8.42 Å². The minimum Gasteiger partial charge on any atom is -0.317 e. The first-order chi connectivity index (χ1) is 9.07. The number of sulfone groups is 1. The molecule has 0 aromatic rings. The second-order valence-electron chi connectivity index (χ2n) is 6.05. The van der Waals surface area contributed by atoms with Gasteiger partial charge in [-0.05, 0) is 32.2 Å². The number of hydrogen-bond donors (Lipinski definition) is 1. The summed E-state index contributed by atoms with van der Waals surface area (Å²) in [5.41, 5.74) is 0. The molecule has 1 rings (SSSR count). The van der Waals surface area contributed by atoms with Crippen molar-refractivity contribution in [2.24, 2.45) is 5.92 Å². The molecular formula is C15H31NO2S. The SMILES string of the molecule is CCCCCCCCC(CC1CCS(=O)(=O)C1)NC. The predicted octanol–water partition coefficient (Wildman–Crippen LogP) is 3.15. The molecule has 1 aliphatic heterocycles. The van der Waals surface area contributed by atoms with Gasteiger partial charge in [0.05, 0.1) is 11.5 Å². The van der Waals surface area contributed by atoms with Crippen molar-refractivity contribution >= 4 is 9.84 Å². The van der Waals surface area contributed by atoms with E-state index in [0.717, 1.165) is 12.8 Å². The highest BCUT2D eigenvalue weighted by molar-refractivity contribution is 7.91. The van der Waals surface area contributed by atoms with Crippen LogP contribution >= 0.6 is 0 Å². The normalized spacial score (nSPS) is 23.6. The van der Waals surface area contributed by atoms with Gasteiger partial charge in [-0.3, -0.25) is 0 Å². The molecule has 3 nitrogen and oxygen atoms in total. The average molecular weight is 289 g/mol. The molecule has 2 unspecified atom stereocenters. The van der Waals surface area contributed by atoms with Crippen LogP contribution in [0.15, 0.2) is 0 Å². The minimum atomic E-state index is -2.71. The van der Waals surface area contributed by atoms with Crippen LogP contribution in [-0.4, -0.2) is 33.0 Å². The molecule has 1 heterocycles. The molecule has 0 saturated carbocycles. The van der Waals surface area contributed by atoms with Gasteiger partial charge in [-0.15, -0.1) is 0 Å². The lowest BCUT2D eigenvalue weighted by atomic mass is 9.95. The van der Waals surface area contributed by atoms with Crippen molar-refractivity contribution in [3.63, 3.8) is 0 Å². The standard InChI is InChI=1S/C15H31NO2S/c1-3-4-5-6-7-8-9-15(16-2)12-14-10-11-19(17,18)13-14/h14-16H,3-13H2,1-2H3. The topological polar surface area (TPSA) is 46.2 Å². The van der Waals surface area contributed by atoms with E-state index in [0.29, 0.717) is 23.5 Å². The number of hydrogen-bond acceptors (Lipinski definition) is 3. The van der Waals surface area contributed by atoms with Crippen molar-refractivity contribution in [3.05, 3.63) is 0 Å². The summed E-state index contributed by atoms with van der Waals surface area (Å²) in [5, 5.41) is 3.36. The molecule has 0 amide bonds. The molecule has 1 N–H and O–H groups in total. The zero-order valence-corrected chi connectivity index (χ0v) is 13.5. The van der Waals surface area contributed by atoms with Gasteiger partial charge in [0.2, 0.25) is 0 Å². The fourth-order valence-electron chi connectivity index (χ4n) is 3.01. The Bertz CT molecular complexity index is 327. The summed E-state index contributed by atoms with van der Waals surface area (Å²) < 4.78 is 22.9. The van der Waals surface area contributed by atoms with E-state index in [4.69, 9.17) is 0 Å². The first-order valence-corrected chi connectivity index (χ1v) is 9.77. The van der Waals surface area contributed by atoms with E-state index in [1.54, 1.807) is 0 Å². The molecule has 0 spiro atoms. The smallest absolute Gasteiger partial charge is 0.150 e. The van der Waals surface area contributed by atoms with Gasteiger partial charge in [-0.25, -0.2) is 8.42 Å². The molecule has 1 aliphatic rings. The van der Waals surface area contributed by atoms with Crippen LogP contribution in [0.4, 0.5) is 0 Å². The largest absolute Gasteiger partial charge is 0.317 e. The molecule has 2 atom stereocenters. The summed E-state index contributed by atoms with van der Waals surface area (Å²) in [6.07, 6.45) is 11.1. The highest BCUT2D eigenvalue weighted by Crippen LogP contribution is 2.24. The average Bonchev–Trinajstić information content (AvgIpc) is 2.71. The summed E-state index contributed by atoms with van der Waals surface area (Å²) in [7, 11) is -0.707. The van der Waals surface area contributed by atoms with Crippen molar-refractivity contribution in [3.8, 4) is 0 Å². The third kappa shape index (κ3) is 7.31. The van der Waals surface area contributed by atoms with Crippen molar-refractivity contribution < 1.29 is 8.42 Å². The highest BCUT2D eigenvalue weighted by Gasteiger charge is 2.29. The van der Waals surface area contributed by atoms with Crippen molar-refractivity contribution in [2.45, 2.75) is 70.8 Å². The first kappa shape index (κ1) is 17.0.